The number of ether oxygens (including phenoxy) is 2. The van der Waals surface area contributed by atoms with Gasteiger partial charge in [-0.1, -0.05) is 130 Å². The minimum absolute atomic E-state index is 0.00289. The maximum absolute atomic E-state index is 12.8. The summed E-state index contributed by atoms with van der Waals surface area (Å²) in [6.07, 6.45) is 25.3. The van der Waals surface area contributed by atoms with Crippen LogP contribution in [0.1, 0.15) is 168 Å². The van der Waals surface area contributed by atoms with E-state index in [4.69, 9.17) is 9.47 Å². The molecule has 0 saturated heterocycles. The van der Waals surface area contributed by atoms with Crippen molar-refractivity contribution in [2.45, 2.75) is 168 Å². The Morgan fingerprint density at radius 1 is 0.553 bits per heavy atom. The van der Waals surface area contributed by atoms with Gasteiger partial charge in [-0.15, -0.1) is 0 Å². The lowest BCUT2D eigenvalue weighted by molar-refractivity contribution is -0.149. The molecule has 1 atom stereocenters. The Morgan fingerprint density at radius 2 is 0.974 bits per heavy atom. The Labute approximate surface area is 236 Å². The number of aliphatic hydroxyl groups excluding tert-OH is 1. The molecule has 1 N–H and O–H groups in total. The quantitative estimate of drug-likeness (QED) is 0.0755. The van der Waals surface area contributed by atoms with Crippen molar-refractivity contribution in [2.24, 2.45) is 11.8 Å². The molecule has 1 unspecified atom stereocenters. The standard InChI is InChI=1S/C33H64O5/c1-4-7-10-13-14-15-18-21-24-32(35)37-27-25-30(29-34)26-28-38-33(36)31(22-19-16-11-8-5-2)23-20-17-12-9-6-3/h30-31,34H,4-29H2,1-3H3. The first-order valence-electron chi connectivity index (χ1n) is 16.5. The highest BCUT2D eigenvalue weighted by molar-refractivity contribution is 5.72. The number of hydrogen-bond acceptors (Lipinski definition) is 5. The van der Waals surface area contributed by atoms with E-state index in [0.717, 1.165) is 38.5 Å². The average Bonchev–Trinajstić information content (AvgIpc) is 2.92. The van der Waals surface area contributed by atoms with Gasteiger partial charge < -0.3 is 14.6 Å². The summed E-state index contributed by atoms with van der Waals surface area (Å²) < 4.78 is 11.1. The lowest BCUT2D eigenvalue weighted by Gasteiger charge is -2.18. The number of hydrogen-bond donors (Lipinski definition) is 1. The zero-order valence-electron chi connectivity index (χ0n) is 25.6. The van der Waals surface area contributed by atoms with Crippen molar-refractivity contribution in [3.05, 3.63) is 0 Å². The number of aliphatic hydroxyl groups is 1. The third-order valence-corrected chi connectivity index (χ3v) is 7.70. The molecule has 38 heavy (non-hydrogen) atoms. The first-order valence-corrected chi connectivity index (χ1v) is 16.5. The molecule has 0 rings (SSSR count). The molecule has 0 heterocycles. The number of rotatable bonds is 29. The molecule has 226 valence electrons. The van der Waals surface area contributed by atoms with E-state index in [-0.39, 0.29) is 30.4 Å². The van der Waals surface area contributed by atoms with Crippen LogP contribution in [-0.2, 0) is 19.1 Å². The van der Waals surface area contributed by atoms with Gasteiger partial charge in [0.1, 0.15) is 0 Å². The van der Waals surface area contributed by atoms with Gasteiger partial charge in [-0.2, -0.15) is 0 Å². The monoisotopic (exact) mass is 540 g/mol. The highest BCUT2D eigenvalue weighted by Crippen LogP contribution is 2.21. The van der Waals surface area contributed by atoms with Crippen molar-refractivity contribution < 1.29 is 24.2 Å². The minimum atomic E-state index is -0.139. The Bertz CT molecular complexity index is 508. The van der Waals surface area contributed by atoms with Crippen LogP contribution in [0.2, 0.25) is 0 Å². The Hall–Kier alpha value is -1.10. The molecule has 0 aliphatic rings. The van der Waals surface area contributed by atoms with E-state index in [1.54, 1.807) is 0 Å². The van der Waals surface area contributed by atoms with Gasteiger partial charge in [0.05, 0.1) is 19.1 Å². The fourth-order valence-corrected chi connectivity index (χ4v) is 4.95. The van der Waals surface area contributed by atoms with Crippen LogP contribution in [0.3, 0.4) is 0 Å². The largest absolute Gasteiger partial charge is 0.466 e. The summed E-state index contributed by atoms with van der Waals surface area (Å²) in [7, 11) is 0. The molecule has 5 nitrogen and oxygen atoms in total. The first kappa shape index (κ1) is 36.9. The van der Waals surface area contributed by atoms with Crippen LogP contribution in [0.25, 0.3) is 0 Å². The minimum Gasteiger partial charge on any atom is -0.466 e. The second kappa shape index (κ2) is 28.9. The van der Waals surface area contributed by atoms with Crippen molar-refractivity contribution in [3.63, 3.8) is 0 Å². The maximum atomic E-state index is 12.8. The second-order valence-corrected chi connectivity index (χ2v) is 11.3. The Morgan fingerprint density at radius 3 is 1.45 bits per heavy atom. The summed E-state index contributed by atoms with van der Waals surface area (Å²) in [6.45, 7) is 7.35. The first-order chi connectivity index (χ1) is 18.6. The molecular weight excluding hydrogens is 476 g/mol. The zero-order valence-corrected chi connectivity index (χ0v) is 25.6. The SMILES string of the molecule is CCCCCCCCCCC(=O)OCCC(CO)CCOC(=O)C(CCCCCCC)CCCCCCC. The van der Waals surface area contributed by atoms with Crippen molar-refractivity contribution in [3.8, 4) is 0 Å². The number of unbranched alkanes of at least 4 members (excludes halogenated alkanes) is 15. The molecule has 0 aliphatic heterocycles. The van der Waals surface area contributed by atoms with Gasteiger partial charge in [-0.05, 0) is 38.0 Å². The van der Waals surface area contributed by atoms with Crippen molar-refractivity contribution in [1.82, 2.24) is 0 Å². The molecule has 0 radical (unpaired) electrons. The normalized spacial score (nSPS) is 12.1. The lowest BCUT2D eigenvalue weighted by atomic mass is 9.94. The van der Waals surface area contributed by atoms with E-state index < -0.39 is 0 Å². The van der Waals surface area contributed by atoms with E-state index >= 15 is 0 Å². The van der Waals surface area contributed by atoms with Gasteiger partial charge in [0, 0.05) is 13.0 Å². The zero-order chi connectivity index (χ0) is 28.1. The predicted octanol–water partition coefficient (Wildman–Crippen LogP) is 9.33. The van der Waals surface area contributed by atoms with E-state index in [1.165, 1.54) is 89.9 Å². The maximum Gasteiger partial charge on any atom is 0.308 e. The van der Waals surface area contributed by atoms with Crippen LogP contribution >= 0.6 is 0 Å². The molecule has 0 saturated carbocycles. The molecular formula is C33H64O5. The molecule has 0 aromatic rings. The molecule has 0 spiro atoms. The highest BCUT2D eigenvalue weighted by Gasteiger charge is 2.20. The van der Waals surface area contributed by atoms with Crippen molar-refractivity contribution in [2.75, 3.05) is 19.8 Å². The van der Waals surface area contributed by atoms with Crippen LogP contribution in [0, 0.1) is 11.8 Å². The van der Waals surface area contributed by atoms with Crippen LogP contribution in [-0.4, -0.2) is 36.9 Å². The molecule has 0 aliphatic carbocycles. The summed E-state index contributed by atoms with van der Waals surface area (Å²) in [6, 6.07) is 0. The van der Waals surface area contributed by atoms with Gasteiger partial charge in [-0.3, -0.25) is 9.59 Å². The van der Waals surface area contributed by atoms with Crippen LogP contribution in [0.15, 0.2) is 0 Å². The van der Waals surface area contributed by atoms with E-state index in [0.29, 0.717) is 32.5 Å². The van der Waals surface area contributed by atoms with Crippen molar-refractivity contribution in [1.29, 1.82) is 0 Å². The Kier molecular flexibility index (Phi) is 28.1. The van der Waals surface area contributed by atoms with Gasteiger partial charge in [0.2, 0.25) is 0 Å². The highest BCUT2D eigenvalue weighted by atomic mass is 16.5. The van der Waals surface area contributed by atoms with Crippen LogP contribution in [0.4, 0.5) is 0 Å². The van der Waals surface area contributed by atoms with Gasteiger partial charge in [0.15, 0.2) is 0 Å². The summed E-state index contributed by atoms with van der Waals surface area (Å²) in [4.78, 5) is 24.8. The smallest absolute Gasteiger partial charge is 0.308 e. The Balaban J connectivity index is 4.12. The molecule has 5 heteroatoms. The number of carbonyl (C=O) groups excluding carboxylic acids is 2. The lowest BCUT2D eigenvalue weighted by Crippen LogP contribution is -2.21. The molecule has 0 fully saturated rings. The summed E-state index contributed by atoms with van der Waals surface area (Å²) in [5.41, 5.74) is 0. The topological polar surface area (TPSA) is 72.8 Å². The van der Waals surface area contributed by atoms with Crippen LogP contribution < -0.4 is 0 Å². The van der Waals surface area contributed by atoms with Crippen LogP contribution in [0.5, 0.6) is 0 Å². The van der Waals surface area contributed by atoms with Gasteiger partial charge in [0.25, 0.3) is 0 Å². The molecule has 0 aromatic heterocycles. The van der Waals surface area contributed by atoms with E-state index in [9.17, 15) is 14.7 Å². The number of carbonyl (C=O) groups is 2. The van der Waals surface area contributed by atoms with E-state index in [1.807, 2.05) is 0 Å². The van der Waals surface area contributed by atoms with Gasteiger partial charge in [-0.25, -0.2) is 0 Å². The third-order valence-electron chi connectivity index (χ3n) is 7.70. The molecule has 0 aromatic carbocycles. The molecule has 0 bridgehead atoms. The fourth-order valence-electron chi connectivity index (χ4n) is 4.95. The third kappa shape index (κ3) is 24.0. The van der Waals surface area contributed by atoms with Gasteiger partial charge >= 0.3 is 11.9 Å². The van der Waals surface area contributed by atoms with E-state index in [2.05, 4.69) is 20.8 Å². The fraction of sp³-hybridized carbons (Fsp3) is 0.939. The predicted molar refractivity (Wildman–Crippen MR) is 159 cm³/mol. The summed E-state index contributed by atoms with van der Waals surface area (Å²) >= 11 is 0. The second-order valence-electron chi connectivity index (χ2n) is 11.3. The summed E-state index contributed by atoms with van der Waals surface area (Å²) in [5, 5.41) is 9.74. The van der Waals surface area contributed by atoms with Crippen molar-refractivity contribution >= 4 is 11.9 Å². The summed E-state index contributed by atoms with van der Waals surface area (Å²) in [5.74, 6) is -0.215. The average molecular weight is 541 g/mol. The number of esters is 2. The molecule has 0 amide bonds.